The standard InChI is InChI=1S/C30H36O2/c1-3-4-5-6-7-8-9-10-11-25-12-14-26(15-13-25)27-16-18-28(19-17-27)29-20-22-30(23-21-29)32-24(2)31/h12-23H,3-11H2,1-2H3. The number of ether oxygens (including phenoxy) is 1. The highest BCUT2D eigenvalue weighted by Gasteiger charge is 2.03. The second kappa shape index (κ2) is 12.9. The van der Waals surface area contributed by atoms with Gasteiger partial charge < -0.3 is 4.74 Å². The molecule has 0 amide bonds. The average Bonchev–Trinajstić information content (AvgIpc) is 2.81. The molecule has 0 saturated carbocycles. The highest BCUT2D eigenvalue weighted by molar-refractivity contribution is 5.72. The lowest BCUT2D eigenvalue weighted by atomic mass is 9.98. The minimum atomic E-state index is -0.300. The van der Waals surface area contributed by atoms with Gasteiger partial charge in [-0.15, -0.1) is 0 Å². The lowest BCUT2D eigenvalue weighted by molar-refractivity contribution is -0.131. The summed E-state index contributed by atoms with van der Waals surface area (Å²) in [5.41, 5.74) is 6.16. The molecule has 0 saturated heterocycles. The maximum absolute atomic E-state index is 11.1. The van der Waals surface area contributed by atoms with Crippen LogP contribution in [0.1, 0.15) is 70.8 Å². The van der Waals surface area contributed by atoms with Crippen molar-refractivity contribution in [2.75, 3.05) is 0 Å². The first-order valence-electron chi connectivity index (χ1n) is 12.1. The van der Waals surface area contributed by atoms with Gasteiger partial charge in [-0.2, -0.15) is 0 Å². The third-order valence-electron chi connectivity index (χ3n) is 5.94. The molecule has 0 radical (unpaired) electrons. The number of esters is 1. The van der Waals surface area contributed by atoms with E-state index < -0.39 is 0 Å². The minimum Gasteiger partial charge on any atom is -0.427 e. The van der Waals surface area contributed by atoms with Gasteiger partial charge in [-0.3, -0.25) is 4.79 Å². The largest absolute Gasteiger partial charge is 0.427 e. The summed E-state index contributed by atoms with van der Waals surface area (Å²) in [5, 5.41) is 0. The zero-order valence-corrected chi connectivity index (χ0v) is 19.6. The first kappa shape index (κ1) is 23.8. The van der Waals surface area contributed by atoms with Gasteiger partial charge in [0.2, 0.25) is 0 Å². The molecule has 0 aliphatic rings. The second-order valence-corrected chi connectivity index (χ2v) is 8.62. The minimum absolute atomic E-state index is 0.300. The molecule has 0 fully saturated rings. The van der Waals surface area contributed by atoms with Gasteiger partial charge in [0.1, 0.15) is 5.75 Å². The summed E-state index contributed by atoms with van der Waals surface area (Å²) >= 11 is 0. The second-order valence-electron chi connectivity index (χ2n) is 8.62. The molecule has 0 aliphatic heterocycles. The van der Waals surface area contributed by atoms with Gasteiger partial charge in [-0.25, -0.2) is 0 Å². The summed E-state index contributed by atoms with van der Waals surface area (Å²) in [7, 11) is 0. The molecule has 2 heteroatoms. The maximum atomic E-state index is 11.1. The van der Waals surface area contributed by atoms with Crippen molar-refractivity contribution in [3.63, 3.8) is 0 Å². The third-order valence-corrected chi connectivity index (χ3v) is 5.94. The van der Waals surface area contributed by atoms with Gasteiger partial charge in [0.05, 0.1) is 0 Å². The highest BCUT2D eigenvalue weighted by Crippen LogP contribution is 2.27. The zero-order valence-electron chi connectivity index (χ0n) is 19.6. The number of carbonyl (C=O) groups excluding carboxylic acids is 1. The summed E-state index contributed by atoms with van der Waals surface area (Å²) < 4.78 is 5.11. The van der Waals surface area contributed by atoms with Gasteiger partial charge in [-0.1, -0.05) is 113 Å². The fourth-order valence-electron chi connectivity index (χ4n) is 4.06. The fraction of sp³-hybridized carbons (Fsp3) is 0.367. The Bertz CT molecular complexity index is 938. The summed E-state index contributed by atoms with van der Waals surface area (Å²) in [6.45, 7) is 3.69. The van der Waals surface area contributed by atoms with Crippen molar-refractivity contribution >= 4 is 5.97 Å². The monoisotopic (exact) mass is 428 g/mol. The first-order valence-corrected chi connectivity index (χ1v) is 12.1. The molecule has 0 bridgehead atoms. The molecule has 2 nitrogen and oxygen atoms in total. The Morgan fingerprint density at radius 3 is 1.47 bits per heavy atom. The van der Waals surface area contributed by atoms with Gasteiger partial charge in [0.25, 0.3) is 0 Å². The number of hydrogen-bond donors (Lipinski definition) is 0. The number of aryl methyl sites for hydroxylation is 1. The summed E-state index contributed by atoms with van der Waals surface area (Å²) in [6, 6.07) is 25.3. The van der Waals surface area contributed by atoms with Crippen LogP contribution in [0.2, 0.25) is 0 Å². The molecule has 3 aromatic carbocycles. The van der Waals surface area contributed by atoms with E-state index in [-0.39, 0.29) is 5.97 Å². The lowest BCUT2D eigenvalue weighted by Gasteiger charge is -2.08. The van der Waals surface area contributed by atoms with Crippen LogP contribution in [-0.4, -0.2) is 5.97 Å². The molecule has 3 aromatic rings. The predicted molar refractivity (Wildman–Crippen MR) is 135 cm³/mol. The van der Waals surface area contributed by atoms with E-state index >= 15 is 0 Å². The molecule has 0 spiro atoms. The third kappa shape index (κ3) is 7.67. The normalized spacial score (nSPS) is 10.8. The van der Waals surface area contributed by atoms with Crippen molar-refractivity contribution in [3.05, 3.63) is 78.4 Å². The SMILES string of the molecule is CCCCCCCCCCc1ccc(-c2ccc(-c3ccc(OC(C)=O)cc3)cc2)cc1. The van der Waals surface area contributed by atoms with Crippen molar-refractivity contribution in [2.45, 2.75) is 71.6 Å². The number of unbranched alkanes of at least 4 members (excludes halogenated alkanes) is 7. The summed E-state index contributed by atoms with van der Waals surface area (Å²) in [5.74, 6) is 0.274. The molecular weight excluding hydrogens is 392 g/mol. The molecule has 0 aliphatic carbocycles. The van der Waals surface area contributed by atoms with E-state index in [4.69, 9.17) is 4.74 Å². The summed E-state index contributed by atoms with van der Waals surface area (Å²) in [4.78, 5) is 11.1. The van der Waals surface area contributed by atoms with E-state index in [1.807, 2.05) is 24.3 Å². The lowest BCUT2D eigenvalue weighted by Crippen LogP contribution is -2.00. The molecule has 0 unspecified atom stereocenters. The van der Waals surface area contributed by atoms with E-state index in [1.165, 1.54) is 81.4 Å². The number of benzene rings is 3. The van der Waals surface area contributed by atoms with Crippen molar-refractivity contribution in [3.8, 4) is 28.0 Å². The van der Waals surface area contributed by atoms with Crippen LogP contribution in [0.4, 0.5) is 0 Å². The Balaban J connectivity index is 1.48. The van der Waals surface area contributed by atoms with Crippen molar-refractivity contribution in [2.24, 2.45) is 0 Å². The highest BCUT2D eigenvalue weighted by atomic mass is 16.5. The van der Waals surface area contributed by atoms with Crippen molar-refractivity contribution in [1.82, 2.24) is 0 Å². The van der Waals surface area contributed by atoms with Crippen LogP contribution in [0.3, 0.4) is 0 Å². The number of carbonyl (C=O) groups is 1. The summed E-state index contributed by atoms with van der Waals surface area (Å²) in [6.07, 6.45) is 12.1. The molecule has 0 atom stereocenters. The molecule has 0 heterocycles. The quantitative estimate of drug-likeness (QED) is 0.164. The number of hydrogen-bond acceptors (Lipinski definition) is 2. The zero-order chi connectivity index (χ0) is 22.6. The molecule has 32 heavy (non-hydrogen) atoms. The van der Waals surface area contributed by atoms with Gasteiger partial charge in [0.15, 0.2) is 0 Å². The van der Waals surface area contributed by atoms with E-state index in [0.29, 0.717) is 5.75 Å². The van der Waals surface area contributed by atoms with Crippen LogP contribution < -0.4 is 4.74 Å². The van der Waals surface area contributed by atoms with Crippen LogP contribution in [0.15, 0.2) is 72.8 Å². The topological polar surface area (TPSA) is 26.3 Å². The smallest absolute Gasteiger partial charge is 0.308 e. The van der Waals surface area contributed by atoms with Gasteiger partial charge >= 0.3 is 5.97 Å². The average molecular weight is 429 g/mol. The molecule has 3 rings (SSSR count). The predicted octanol–water partition coefficient (Wildman–Crippen LogP) is 8.63. The molecule has 168 valence electrons. The van der Waals surface area contributed by atoms with E-state index in [2.05, 4.69) is 55.5 Å². The van der Waals surface area contributed by atoms with E-state index in [1.54, 1.807) is 0 Å². The first-order chi connectivity index (χ1) is 15.7. The Labute approximate surface area is 193 Å². The van der Waals surface area contributed by atoms with Gasteiger partial charge in [-0.05, 0) is 52.8 Å². The van der Waals surface area contributed by atoms with Crippen LogP contribution in [0.25, 0.3) is 22.3 Å². The fourth-order valence-corrected chi connectivity index (χ4v) is 4.06. The maximum Gasteiger partial charge on any atom is 0.308 e. The van der Waals surface area contributed by atoms with Crippen LogP contribution in [0.5, 0.6) is 5.75 Å². The van der Waals surface area contributed by atoms with E-state index in [0.717, 1.165) is 11.1 Å². The molecule has 0 N–H and O–H groups in total. The molecular formula is C30H36O2. The van der Waals surface area contributed by atoms with Gasteiger partial charge in [0, 0.05) is 6.92 Å². The molecule has 0 aromatic heterocycles. The Morgan fingerprint density at radius 2 is 1.00 bits per heavy atom. The van der Waals surface area contributed by atoms with Crippen LogP contribution in [-0.2, 0) is 11.2 Å². The Kier molecular flexibility index (Phi) is 9.56. The van der Waals surface area contributed by atoms with Crippen molar-refractivity contribution < 1.29 is 9.53 Å². The van der Waals surface area contributed by atoms with Crippen LogP contribution in [0, 0.1) is 0 Å². The van der Waals surface area contributed by atoms with Crippen molar-refractivity contribution in [1.29, 1.82) is 0 Å². The van der Waals surface area contributed by atoms with Crippen LogP contribution >= 0.6 is 0 Å². The Morgan fingerprint density at radius 1 is 0.594 bits per heavy atom. The Hall–Kier alpha value is -2.87. The number of rotatable bonds is 12. The van der Waals surface area contributed by atoms with E-state index in [9.17, 15) is 4.79 Å².